The summed E-state index contributed by atoms with van der Waals surface area (Å²) in [5.74, 6) is 0.157. The smallest absolute Gasteiger partial charge is 0.410 e. The molecular weight excluding hydrogens is 309 g/mol. The van der Waals surface area contributed by atoms with Crippen LogP contribution in [0.5, 0.6) is 5.75 Å². The van der Waals surface area contributed by atoms with Crippen molar-refractivity contribution in [2.75, 3.05) is 19.7 Å². The number of halogens is 2. The SMILES string of the molecule is CC(C)(C)OC(=O)N1CCC(COc2ccc(Cl)c(F)c2)C1. The van der Waals surface area contributed by atoms with Gasteiger partial charge in [0.05, 0.1) is 11.6 Å². The van der Waals surface area contributed by atoms with Gasteiger partial charge in [-0.1, -0.05) is 11.6 Å². The lowest BCUT2D eigenvalue weighted by Crippen LogP contribution is -2.35. The van der Waals surface area contributed by atoms with Crippen LogP contribution in [0.15, 0.2) is 18.2 Å². The Morgan fingerprint density at radius 3 is 2.82 bits per heavy atom. The Morgan fingerprint density at radius 2 is 2.18 bits per heavy atom. The van der Waals surface area contributed by atoms with Crippen LogP contribution in [0, 0.1) is 11.7 Å². The van der Waals surface area contributed by atoms with Crippen LogP contribution in [0.1, 0.15) is 27.2 Å². The maximum absolute atomic E-state index is 13.3. The Labute approximate surface area is 135 Å². The quantitative estimate of drug-likeness (QED) is 0.837. The third-order valence-electron chi connectivity index (χ3n) is 3.31. The summed E-state index contributed by atoms with van der Waals surface area (Å²) in [5.41, 5.74) is -0.494. The fraction of sp³-hybridized carbons (Fsp3) is 0.562. The average molecular weight is 330 g/mol. The van der Waals surface area contributed by atoms with Crippen molar-refractivity contribution < 1.29 is 18.7 Å². The summed E-state index contributed by atoms with van der Waals surface area (Å²) in [5, 5.41) is 0.0734. The van der Waals surface area contributed by atoms with Crippen molar-refractivity contribution in [1.29, 1.82) is 0 Å². The van der Waals surface area contributed by atoms with Gasteiger partial charge in [0.2, 0.25) is 0 Å². The Hall–Kier alpha value is -1.49. The number of ether oxygens (including phenoxy) is 2. The highest BCUT2D eigenvalue weighted by Gasteiger charge is 2.30. The van der Waals surface area contributed by atoms with E-state index in [1.807, 2.05) is 20.8 Å². The van der Waals surface area contributed by atoms with E-state index in [2.05, 4.69) is 0 Å². The number of nitrogens with zero attached hydrogens (tertiary/aromatic N) is 1. The molecule has 0 spiro atoms. The van der Waals surface area contributed by atoms with E-state index in [1.54, 1.807) is 11.0 Å². The Morgan fingerprint density at radius 1 is 1.45 bits per heavy atom. The molecule has 0 aliphatic carbocycles. The zero-order chi connectivity index (χ0) is 16.3. The second kappa shape index (κ2) is 6.73. The molecule has 1 aliphatic rings. The molecule has 0 N–H and O–H groups in total. The highest BCUT2D eigenvalue weighted by molar-refractivity contribution is 6.30. The fourth-order valence-electron chi connectivity index (χ4n) is 2.24. The fourth-order valence-corrected chi connectivity index (χ4v) is 2.36. The van der Waals surface area contributed by atoms with Gasteiger partial charge in [0.15, 0.2) is 0 Å². The first-order valence-corrected chi connectivity index (χ1v) is 7.68. The summed E-state index contributed by atoms with van der Waals surface area (Å²) in [7, 11) is 0. The number of hydrogen-bond donors (Lipinski definition) is 0. The normalized spacial score (nSPS) is 18.4. The predicted molar refractivity (Wildman–Crippen MR) is 82.8 cm³/mol. The van der Waals surface area contributed by atoms with Gasteiger partial charge in [-0.2, -0.15) is 0 Å². The lowest BCUT2D eigenvalue weighted by molar-refractivity contribution is 0.0285. The van der Waals surface area contributed by atoms with Gasteiger partial charge >= 0.3 is 6.09 Å². The number of carbonyl (C=O) groups excluding carboxylic acids is 1. The molecule has 4 nitrogen and oxygen atoms in total. The average Bonchev–Trinajstić information content (AvgIpc) is 2.87. The van der Waals surface area contributed by atoms with Crippen molar-refractivity contribution in [3.63, 3.8) is 0 Å². The molecule has 1 amide bonds. The third-order valence-corrected chi connectivity index (χ3v) is 3.62. The van der Waals surface area contributed by atoms with Crippen LogP contribution in [0.25, 0.3) is 0 Å². The van der Waals surface area contributed by atoms with E-state index < -0.39 is 11.4 Å². The molecule has 122 valence electrons. The van der Waals surface area contributed by atoms with Crippen LogP contribution in [0.4, 0.5) is 9.18 Å². The second-order valence-corrected chi connectivity index (χ2v) is 6.88. The molecule has 0 radical (unpaired) electrons. The van der Waals surface area contributed by atoms with Crippen LogP contribution in [0.2, 0.25) is 5.02 Å². The van der Waals surface area contributed by atoms with Gasteiger partial charge in [-0.15, -0.1) is 0 Å². The summed E-state index contributed by atoms with van der Waals surface area (Å²) in [6.07, 6.45) is 0.544. The van der Waals surface area contributed by atoms with Crippen molar-refractivity contribution in [3.05, 3.63) is 29.0 Å². The predicted octanol–water partition coefficient (Wildman–Crippen LogP) is 4.11. The first kappa shape index (κ1) is 16.9. The molecule has 6 heteroatoms. The Kier molecular flexibility index (Phi) is 5.16. The minimum absolute atomic E-state index is 0.0734. The lowest BCUT2D eigenvalue weighted by atomic mass is 10.1. The summed E-state index contributed by atoms with van der Waals surface area (Å²) in [4.78, 5) is 13.6. The van der Waals surface area contributed by atoms with Crippen molar-refractivity contribution in [2.45, 2.75) is 32.8 Å². The van der Waals surface area contributed by atoms with E-state index in [-0.39, 0.29) is 17.0 Å². The number of benzene rings is 1. The topological polar surface area (TPSA) is 38.8 Å². The molecule has 22 heavy (non-hydrogen) atoms. The standard InChI is InChI=1S/C16H21ClFNO3/c1-16(2,3)22-15(20)19-7-6-11(9-19)10-21-12-4-5-13(17)14(18)8-12/h4-5,8,11H,6-7,9-10H2,1-3H3. The minimum Gasteiger partial charge on any atom is -0.493 e. The molecule has 2 rings (SSSR count). The van der Waals surface area contributed by atoms with E-state index >= 15 is 0 Å². The number of rotatable bonds is 3. The van der Waals surface area contributed by atoms with E-state index in [0.29, 0.717) is 25.4 Å². The molecule has 0 bridgehead atoms. The van der Waals surface area contributed by atoms with Gasteiger partial charge in [0, 0.05) is 25.1 Å². The van der Waals surface area contributed by atoms with Crippen molar-refractivity contribution in [1.82, 2.24) is 4.90 Å². The first-order chi connectivity index (χ1) is 10.2. The molecule has 0 aromatic heterocycles. The number of hydrogen-bond acceptors (Lipinski definition) is 3. The van der Waals surface area contributed by atoms with Crippen LogP contribution in [0.3, 0.4) is 0 Å². The molecule has 0 saturated carbocycles. The van der Waals surface area contributed by atoms with Crippen molar-refractivity contribution in [2.24, 2.45) is 5.92 Å². The molecule has 1 saturated heterocycles. The van der Waals surface area contributed by atoms with E-state index in [4.69, 9.17) is 21.1 Å². The highest BCUT2D eigenvalue weighted by Crippen LogP contribution is 2.23. The van der Waals surface area contributed by atoms with Gasteiger partial charge in [0.1, 0.15) is 17.2 Å². The third kappa shape index (κ3) is 4.77. The lowest BCUT2D eigenvalue weighted by Gasteiger charge is -2.24. The molecule has 1 aromatic rings. The largest absolute Gasteiger partial charge is 0.493 e. The second-order valence-electron chi connectivity index (χ2n) is 6.47. The molecule has 1 aliphatic heterocycles. The molecule has 1 unspecified atom stereocenters. The monoisotopic (exact) mass is 329 g/mol. The number of amides is 1. The van der Waals surface area contributed by atoms with Crippen molar-refractivity contribution in [3.8, 4) is 5.75 Å². The summed E-state index contributed by atoms with van der Waals surface area (Å²) in [6.45, 7) is 7.20. The molecule has 1 atom stereocenters. The molecule has 1 heterocycles. The van der Waals surface area contributed by atoms with Gasteiger partial charge in [-0.05, 0) is 39.3 Å². The summed E-state index contributed by atoms with van der Waals surface area (Å²) in [6, 6.07) is 4.36. The molecule has 1 aromatic carbocycles. The number of likely N-dealkylation sites (tertiary alicyclic amines) is 1. The Bertz CT molecular complexity index is 545. The van der Waals surface area contributed by atoms with E-state index in [0.717, 1.165) is 6.42 Å². The maximum Gasteiger partial charge on any atom is 0.410 e. The Balaban J connectivity index is 1.81. The highest BCUT2D eigenvalue weighted by atomic mass is 35.5. The van der Waals surface area contributed by atoms with Crippen LogP contribution >= 0.6 is 11.6 Å². The summed E-state index contributed by atoms with van der Waals surface area (Å²) < 4.78 is 24.2. The van der Waals surface area contributed by atoms with Crippen LogP contribution in [-0.2, 0) is 4.74 Å². The van der Waals surface area contributed by atoms with E-state index in [1.165, 1.54) is 12.1 Å². The number of carbonyl (C=O) groups is 1. The van der Waals surface area contributed by atoms with E-state index in [9.17, 15) is 9.18 Å². The van der Waals surface area contributed by atoms with Crippen molar-refractivity contribution >= 4 is 17.7 Å². The zero-order valence-electron chi connectivity index (χ0n) is 13.1. The summed E-state index contributed by atoms with van der Waals surface area (Å²) >= 11 is 5.63. The van der Waals surface area contributed by atoms with Gasteiger partial charge in [0.25, 0.3) is 0 Å². The molecular formula is C16H21ClFNO3. The van der Waals surface area contributed by atoms with Gasteiger partial charge < -0.3 is 14.4 Å². The van der Waals surface area contributed by atoms with Crippen LogP contribution < -0.4 is 4.74 Å². The van der Waals surface area contributed by atoms with Crippen LogP contribution in [-0.4, -0.2) is 36.3 Å². The zero-order valence-corrected chi connectivity index (χ0v) is 13.8. The molecule has 1 fully saturated rings. The van der Waals surface area contributed by atoms with Gasteiger partial charge in [-0.3, -0.25) is 0 Å². The minimum atomic E-state index is -0.499. The first-order valence-electron chi connectivity index (χ1n) is 7.30. The maximum atomic E-state index is 13.3. The van der Waals surface area contributed by atoms with Gasteiger partial charge in [-0.25, -0.2) is 9.18 Å².